The molecule has 0 aromatic heterocycles. The van der Waals surface area contributed by atoms with E-state index in [2.05, 4.69) is 5.32 Å². The van der Waals surface area contributed by atoms with Crippen molar-refractivity contribution in [2.45, 2.75) is 37.6 Å². The second kappa shape index (κ2) is 6.16. The average molecular weight is 349 g/mol. The van der Waals surface area contributed by atoms with Crippen LogP contribution >= 0.6 is 0 Å². The SMILES string of the molecule is O=C(NC1(c2ccc(F)cc2F)CCOCC1)C1C[C@H]2CC(=O)[C@@H]1C2. The van der Waals surface area contributed by atoms with Gasteiger partial charge in [0.05, 0.1) is 5.54 Å². The zero-order valence-corrected chi connectivity index (χ0v) is 13.9. The first kappa shape index (κ1) is 16.6. The van der Waals surface area contributed by atoms with Gasteiger partial charge < -0.3 is 10.1 Å². The van der Waals surface area contributed by atoms with Gasteiger partial charge in [0.25, 0.3) is 0 Å². The number of carbonyl (C=O) groups is 2. The highest BCUT2D eigenvalue weighted by Gasteiger charge is 2.50. The molecule has 1 N–H and O–H groups in total. The first-order valence-electron chi connectivity index (χ1n) is 8.86. The number of benzene rings is 1. The van der Waals surface area contributed by atoms with Crippen LogP contribution in [0.4, 0.5) is 8.78 Å². The van der Waals surface area contributed by atoms with E-state index in [1.807, 2.05) is 0 Å². The van der Waals surface area contributed by atoms with Crippen LogP contribution in [0.15, 0.2) is 18.2 Å². The molecule has 1 unspecified atom stereocenters. The number of Topliss-reactive ketones (excluding diaryl/α,β-unsaturated/α-hetero) is 1. The van der Waals surface area contributed by atoms with Gasteiger partial charge in [0, 0.05) is 43.1 Å². The standard InChI is InChI=1S/C19H21F2NO3/c20-12-1-2-15(16(21)10-12)19(3-5-25-6-4-19)22-18(24)14-8-11-7-13(14)17(23)9-11/h1-2,10-11,13-14H,3-9H2,(H,22,24)/t11-,13+,14?/m0/s1. The Bertz CT molecular complexity index is 715. The average Bonchev–Trinajstić information content (AvgIpc) is 3.15. The Hall–Kier alpha value is -1.82. The third-order valence-electron chi connectivity index (χ3n) is 6.06. The molecule has 1 aromatic rings. The zero-order chi connectivity index (χ0) is 17.6. The monoisotopic (exact) mass is 349 g/mol. The number of rotatable bonds is 3. The molecule has 0 spiro atoms. The van der Waals surface area contributed by atoms with Crippen LogP contribution in [-0.4, -0.2) is 24.9 Å². The molecule has 1 amide bonds. The molecule has 1 aromatic carbocycles. The summed E-state index contributed by atoms with van der Waals surface area (Å²) in [6.07, 6.45) is 2.95. The fraction of sp³-hybridized carbons (Fsp3) is 0.579. The van der Waals surface area contributed by atoms with E-state index in [9.17, 15) is 18.4 Å². The molecule has 2 saturated carbocycles. The third kappa shape index (κ3) is 2.86. The number of fused-ring (bicyclic) bond motifs is 2. The zero-order valence-electron chi connectivity index (χ0n) is 13.9. The van der Waals surface area contributed by atoms with Crippen molar-refractivity contribution in [3.05, 3.63) is 35.4 Å². The van der Waals surface area contributed by atoms with Gasteiger partial charge in [-0.2, -0.15) is 0 Å². The van der Waals surface area contributed by atoms with Crippen LogP contribution in [0.1, 0.15) is 37.7 Å². The number of hydrogen-bond acceptors (Lipinski definition) is 3. The van der Waals surface area contributed by atoms with Crippen LogP contribution in [0.2, 0.25) is 0 Å². The maximum Gasteiger partial charge on any atom is 0.224 e. The summed E-state index contributed by atoms with van der Waals surface area (Å²) in [4.78, 5) is 24.9. The van der Waals surface area contributed by atoms with Crippen molar-refractivity contribution in [1.82, 2.24) is 5.32 Å². The highest BCUT2D eigenvalue weighted by Crippen LogP contribution is 2.47. The van der Waals surface area contributed by atoms with Crippen LogP contribution in [0.5, 0.6) is 0 Å². The molecule has 134 valence electrons. The van der Waals surface area contributed by atoms with Gasteiger partial charge in [-0.25, -0.2) is 8.78 Å². The number of nitrogens with one attached hydrogen (secondary N) is 1. The molecule has 4 nitrogen and oxygen atoms in total. The van der Waals surface area contributed by atoms with Gasteiger partial charge in [-0.3, -0.25) is 9.59 Å². The minimum absolute atomic E-state index is 0.172. The first-order chi connectivity index (χ1) is 12.0. The largest absolute Gasteiger partial charge is 0.381 e. The molecule has 1 heterocycles. The Kier molecular flexibility index (Phi) is 4.10. The fourth-order valence-electron chi connectivity index (χ4n) is 4.78. The highest BCUT2D eigenvalue weighted by atomic mass is 19.1. The van der Waals surface area contributed by atoms with Crippen molar-refractivity contribution in [2.75, 3.05) is 13.2 Å². The summed E-state index contributed by atoms with van der Waals surface area (Å²) in [5.74, 6) is -1.54. The normalized spacial score (nSPS) is 30.5. The van der Waals surface area contributed by atoms with E-state index >= 15 is 0 Å². The minimum Gasteiger partial charge on any atom is -0.381 e. The molecule has 0 radical (unpaired) electrons. The van der Waals surface area contributed by atoms with E-state index in [1.165, 1.54) is 12.1 Å². The maximum absolute atomic E-state index is 14.4. The molecule has 2 bridgehead atoms. The van der Waals surface area contributed by atoms with Gasteiger partial charge in [-0.1, -0.05) is 6.07 Å². The number of ether oxygens (including phenoxy) is 1. The number of halogens is 2. The molecule has 1 aliphatic heterocycles. The van der Waals surface area contributed by atoms with Crippen molar-refractivity contribution in [1.29, 1.82) is 0 Å². The summed E-state index contributed by atoms with van der Waals surface area (Å²) in [5.41, 5.74) is -0.613. The van der Waals surface area contributed by atoms with E-state index in [0.717, 1.165) is 18.9 Å². The van der Waals surface area contributed by atoms with E-state index in [4.69, 9.17) is 4.74 Å². The van der Waals surface area contributed by atoms with E-state index in [1.54, 1.807) is 0 Å². The number of carbonyl (C=O) groups excluding carboxylic acids is 2. The smallest absolute Gasteiger partial charge is 0.224 e. The molecule has 3 aliphatic rings. The highest BCUT2D eigenvalue weighted by molar-refractivity contribution is 5.92. The van der Waals surface area contributed by atoms with E-state index in [0.29, 0.717) is 44.0 Å². The molecule has 6 heteroatoms. The quantitative estimate of drug-likeness (QED) is 0.913. The Balaban J connectivity index is 1.61. The summed E-state index contributed by atoms with van der Waals surface area (Å²) in [5, 5.41) is 3.02. The number of hydrogen-bond donors (Lipinski definition) is 1. The summed E-state index contributed by atoms with van der Waals surface area (Å²) < 4.78 is 33.1. The minimum atomic E-state index is -0.905. The third-order valence-corrected chi connectivity index (χ3v) is 6.06. The lowest BCUT2D eigenvalue weighted by Crippen LogP contribution is -2.52. The van der Waals surface area contributed by atoms with Crippen molar-refractivity contribution < 1.29 is 23.1 Å². The van der Waals surface area contributed by atoms with Gasteiger partial charge in [0.1, 0.15) is 17.4 Å². The predicted octanol–water partition coefficient (Wildman–Crippen LogP) is 2.70. The molecule has 3 fully saturated rings. The van der Waals surface area contributed by atoms with Crippen LogP contribution in [0.3, 0.4) is 0 Å². The lowest BCUT2D eigenvalue weighted by Gasteiger charge is -2.40. The number of ketones is 1. The first-order valence-corrected chi connectivity index (χ1v) is 8.86. The van der Waals surface area contributed by atoms with Crippen LogP contribution < -0.4 is 5.32 Å². The van der Waals surface area contributed by atoms with E-state index < -0.39 is 17.2 Å². The van der Waals surface area contributed by atoms with Gasteiger partial charge in [-0.15, -0.1) is 0 Å². The molecular formula is C19H21F2NO3. The van der Waals surface area contributed by atoms with Crippen molar-refractivity contribution >= 4 is 11.7 Å². The Labute approximate surface area is 144 Å². The van der Waals surface area contributed by atoms with E-state index in [-0.39, 0.29) is 23.5 Å². The molecule has 2 aliphatic carbocycles. The Morgan fingerprint density at radius 1 is 1.20 bits per heavy atom. The topological polar surface area (TPSA) is 55.4 Å². The summed E-state index contributed by atoms with van der Waals surface area (Å²) >= 11 is 0. The van der Waals surface area contributed by atoms with Gasteiger partial charge in [-0.05, 0) is 37.7 Å². The molecular weight excluding hydrogens is 328 g/mol. The number of amides is 1. The summed E-state index contributed by atoms with van der Waals surface area (Å²) in [7, 11) is 0. The van der Waals surface area contributed by atoms with Gasteiger partial charge in [0.2, 0.25) is 5.91 Å². The van der Waals surface area contributed by atoms with Gasteiger partial charge in [0.15, 0.2) is 0 Å². The summed E-state index contributed by atoms with van der Waals surface area (Å²) in [6.45, 7) is 0.791. The Morgan fingerprint density at radius 3 is 2.60 bits per heavy atom. The van der Waals surface area contributed by atoms with Crippen LogP contribution in [0.25, 0.3) is 0 Å². The molecule has 25 heavy (non-hydrogen) atoms. The molecule has 3 atom stereocenters. The molecule has 4 rings (SSSR count). The van der Waals surface area contributed by atoms with Crippen LogP contribution in [-0.2, 0) is 19.9 Å². The lowest BCUT2D eigenvalue weighted by molar-refractivity contribution is -0.135. The summed E-state index contributed by atoms with van der Waals surface area (Å²) in [6, 6.07) is 3.46. The lowest BCUT2D eigenvalue weighted by atomic mass is 9.80. The fourth-order valence-corrected chi connectivity index (χ4v) is 4.78. The second-order valence-corrected chi connectivity index (χ2v) is 7.53. The second-order valence-electron chi connectivity index (χ2n) is 7.53. The van der Waals surface area contributed by atoms with Crippen molar-refractivity contribution in [3.63, 3.8) is 0 Å². The van der Waals surface area contributed by atoms with Crippen molar-refractivity contribution in [2.24, 2.45) is 17.8 Å². The van der Waals surface area contributed by atoms with Gasteiger partial charge >= 0.3 is 0 Å². The van der Waals surface area contributed by atoms with Crippen LogP contribution in [0, 0.1) is 29.4 Å². The molecule has 1 saturated heterocycles. The Morgan fingerprint density at radius 2 is 1.96 bits per heavy atom. The maximum atomic E-state index is 14.4. The predicted molar refractivity (Wildman–Crippen MR) is 85.6 cm³/mol. The van der Waals surface area contributed by atoms with Crippen molar-refractivity contribution in [3.8, 4) is 0 Å².